The first-order valence-corrected chi connectivity index (χ1v) is 12.3. The van der Waals surface area contributed by atoms with Crippen molar-refractivity contribution in [1.29, 1.82) is 0 Å². The van der Waals surface area contributed by atoms with Crippen LogP contribution >= 0.6 is 11.8 Å². The molecule has 2 atom stereocenters. The topological polar surface area (TPSA) is 125 Å². The zero-order valence-electron chi connectivity index (χ0n) is 18.9. The number of nitrogens with zero attached hydrogens (tertiary/aromatic N) is 5. The highest BCUT2D eigenvalue weighted by Gasteiger charge is 2.30. The maximum Gasteiger partial charge on any atom is 0.236 e. The molecule has 0 aliphatic carbocycles. The molecular weight excluding hydrogens is 454 g/mol. The van der Waals surface area contributed by atoms with E-state index < -0.39 is 0 Å². The largest absolute Gasteiger partial charge is 0.480 e. The van der Waals surface area contributed by atoms with Crippen LogP contribution in [0.25, 0.3) is 11.0 Å². The molecule has 0 spiro atoms. The monoisotopic (exact) mass is 481 g/mol. The molecule has 3 N–H and O–H groups in total. The molecule has 2 aliphatic rings. The van der Waals surface area contributed by atoms with Gasteiger partial charge < -0.3 is 25.4 Å². The van der Waals surface area contributed by atoms with E-state index in [1.165, 1.54) is 11.8 Å². The van der Waals surface area contributed by atoms with Crippen molar-refractivity contribution in [3.8, 4) is 5.88 Å². The summed E-state index contributed by atoms with van der Waals surface area (Å²) >= 11 is 1.40. The standard InChI is InChI=1S/C23H27N7O3S/c1-33-20-10-25-17-4-2-3-14(21(17)29-20)5-6-30-11-15(18(31)12-30)7-24-8-16-9-26-23-22(27-16)28-19(32)13-34-23/h2-4,9-10,15,18,24,31H,5-8,11-13H2,1H3,(H,27,28,32)/t15-,18+/m0/s1. The number of hydrogen-bond donors (Lipinski definition) is 3. The van der Waals surface area contributed by atoms with Gasteiger partial charge in [-0.3, -0.25) is 4.79 Å². The number of aromatic nitrogens is 4. The van der Waals surface area contributed by atoms with Gasteiger partial charge in [-0.15, -0.1) is 0 Å². The van der Waals surface area contributed by atoms with Gasteiger partial charge in [0.15, 0.2) is 5.82 Å². The zero-order valence-corrected chi connectivity index (χ0v) is 19.7. The number of amides is 1. The fourth-order valence-electron chi connectivity index (χ4n) is 4.35. The summed E-state index contributed by atoms with van der Waals surface area (Å²) in [6, 6.07) is 6.02. The maximum atomic E-state index is 11.6. The number of methoxy groups -OCH3 is 1. The Hall–Kier alpha value is -2.86. The number of fused-ring (bicyclic) bond motifs is 2. The Bertz CT molecular complexity index is 1190. The van der Waals surface area contributed by atoms with Crippen molar-refractivity contribution in [1.82, 2.24) is 30.2 Å². The molecule has 5 rings (SSSR count). The van der Waals surface area contributed by atoms with Crippen LogP contribution in [-0.2, 0) is 17.8 Å². The van der Waals surface area contributed by atoms with E-state index in [0.29, 0.717) is 37.1 Å². The molecule has 1 saturated heterocycles. The molecule has 34 heavy (non-hydrogen) atoms. The molecule has 178 valence electrons. The number of β-amino-alcohol motifs (C(OH)–C–C–N with tert-alkyl or cyclic N) is 1. The smallest absolute Gasteiger partial charge is 0.236 e. The quantitative estimate of drug-likeness (QED) is 0.431. The average molecular weight is 482 g/mol. The lowest BCUT2D eigenvalue weighted by molar-refractivity contribution is -0.113. The zero-order chi connectivity index (χ0) is 23.5. The number of benzene rings is 1. The number of aliphatic hydroxyl groups excluding tert-OH is 1. The molecule has 0 radical (unpaired) electrons. The van der Waals surface area contributed by atoms with E-state index in [1.54, 1.807) is 19.5 Å². The number of aliphatic hydroxyl groups is 1. The van der Waals surface area contributed by atoms with Gasteiger partial charge in [0, 0.05) is 38.6 Å². The number of thioether (sulfide) groups is 1. The van der Waals surface area contributed by atoms with Gasteiger partial charge in [0.1, 0.15) is 5.03 Å². The second kappa shape index (κ2) is 10.2. The van der Waals surface area contributed by atoms with Gasteiger partial charge in [-0.1, -0.05) is 23.9 Å². The van der Waals surface area contributed by atoms with E-state index in [0.717, 1.165) is 46.8 Å². The summed E-state index contributed by atoms with van der Waals surface area (Å²) in [7, 11) is 1.59. The van der Waals surface area contributed by atoms with E-state index in [2.05, 4.69) is 41.5 Å². The molecule has 1 aromatic carbocycles. The average Bonchev–Trinajstić information content (AvgIpc) is 3.21. The highest BCUT2D eigenvalue weighted by molar-refractivity contribution is 8.00. The van der Waals surface area contributed by atoms with Gasteiger partial charge in [0.05, 0.1) is 48.1 Å². The summed E-state index contributed by atoms with van der Waals surface area (Å²) in [6.45, 7) is 3.50. The highest BCUT2D eigenvalue weighted by atomic mass is 32.2. The van der Waals surface area contributed by atoms with Gasteiger partial charge in [0.2, 0.25) is 11.8 Å². The van der Waals surface area contributed by atoms with E-state index in [1.807, 2.05) is 12.1 Å². The summed E-state index contributed by atoms with van der Waals surface area (Å²) in [5.74, 6) is 1.49. The van der Waals surface area contributed by atoms with Gasteiger partial charge in [-0.25, -0.2) is 19.9 Å². The van der Waals surface area contributed by atoms with Crippen LogP contribution in [0.5, 0.6) is 5.88 Å². The lowest BCUT2D eigenvalue weighted by Gasteiger charge is -2.17. The third-order valence-electron chi connectivity index (χ3n) is 6.12. The second-order valence-electron chi connectivity index (χ2n) is 8.52. The molecule has 4 heterocycles. The Morgan fingerprint density at radius 1 is 1.26 bits per heavy atom. The molecule has 0 saturated carbocycles. The minimum Gasteiger partial charge on any atom is -0.480 e. The minimum atomic E-state index is -0.384. The first-order valence-electron chi connectivity index (χ1n) is 11.3. The number of ether oxygens (including phenoxy) is 1. The summed E-state index contributed by atoms with van der Waals surface area (Å²) in [5, 5.41) is 17.5. The number of likely N-dealkylation sites (tertiary alicyclic amines) is 1. The van der Waals surface area contributed by atoms with Gasteiger partial charge >= 0.3 is 0 Å². The number of para-hydroxylation sites is 1. The predicted octanol–water partition coefficient (Wildman–Crippen LogP) is 1.10. The first kappa shape index (κ1) is 22.9. The Balaban J connectivity index is 1.13. The lowest BCUT2D eigenvalue weighted by atomic mass is 10.1. The van der Waals surface area contributed by atoms with Crippen LogP contribution in [0.2, 0.25) is 0 Å². The fraction of sp³-hybridized carbons (Fsp3) is 0.435. The van der Waals surface area contributed by atoms with Crippen molar-refractivity contribution in [2.45, 2.75) is 24.1 Å². The Labute approximate surface area is 201 Å². The van der Waals surface area contributed by atoms with Crippen molar-refractivity contribution < 1.29 is 14.6 Å². The molecular formula is C23H27N7O3S. The van der Waals surface area contributed by atoms with Crippen molar-refractivity contribution in [2.24, 2.45) is 5.92 Å². The van der Waals surface area contributed by atoms with E-state index >= 15 is 0 Å². The molecule has 2 aliphatic heterocycles. The predicted molar refractivity (Wildman–Crippen MR) is 129 cm³/mol. The van der Waals surface area contributed by atoms with Crippen LogP contribution < -0.4 is 15.4 Å². The normalized spacial score (nSPS) is 20.4. The minimum absolute atomic E-state index is 0.0549. The number of carbonyl (C=O) groups is 1. The molecule has 10 nitrogen and oxygen atoms in total. The van der Waals surface area contributed by atoms with Crippen molar-refractivity contribution in [3.05, 3.63) is 41.9 Å². The van der Waals surface area contributed by atoms with Gasteiger partial charge in [0.25, 0.3) is 0 Å². The van der Waals surface area contributed by atoms with E-state index in [4.69, 9.17) is 4.74 Å². The van der Waals surface area contributed by atoms with Crippen molar-refractivity contribution in [2.75, 3.05) is 44.4 Å². The number of anilines is 1. The summed E-state index contributed by atoms with van der Waals surface area (Å²) in [5.41, 5.74) is 3.60. The Morgan fingerprint density at radius 3 is 3.06 bits per heavy atom. The van der Waals surface area contributed by atoms with Crippen molar-refractivity contribution in [3.63, 3.8) is 0 Å². The molecule has 1 amide bonds. The molecule has 0 bridgehead atoms. The Kier molecular flexibility index (Phi) is 6.86. The number of carbonyl (C=O) groups excluding carboxylic acids is 1. The Morgan fingerprint density at radius 2 is 2.18 bits per heavy atom. The van der Waals surface area contributed by atoms with Crippen molar-refractivity contribution >= 4 is 34.5 Å². The van der Waals surface area contributed by atoms with E-state index in [9.17, 15) is 9.90 Å². The highest BCUT2D eigenvalue weighted by Crippen LogP contribution is 2.27. The number of rotatable bonds is 8. The number of hydrogen-bond acceptors (Lipinski definition) is 10. The molecule has 11 heteroatoms. The first-order chi connectivity index (χ1) is 16.6. The van der Waals surface area contributed by atoms with Crippen LogP contribution in [0.15, 0.2) is 35.6 Å². The van der Waals surface area contributed by atoms with Crippen LogP contribution in [0.1, 0.15) is 11.3 Å². The van der Waals surface area contributed by atoms with Crippen LogP contribution in [-0.4, -0.2) is 81.0 Å². The molecule has 1 fully saturated rings. The lowest BCUT2D eigenvalue weighted by Crippen LogP contribution is -2.30. The summed E-state index contributed by atoms with van der Waals surface area (Å²) < 4.78 is 5.23. The SMILES string of the molecule is COc1cnc2cccc(CCN3C[C@H](CNCc4cnc5c(n4)NC(=O)CS5)[C@H](O)C3)c2n1. The maximum absolute atomic E-state index is 11.6. The summed E-state index contributed by atoms with van der Waals surface area (Å²) in [6.07, 6.45) is 3.80. The third kappa shape index (κ3) is 5.12. The van der Waals surface area contributed by atoms with Crippen LogP contribution in [0, 0.1) is 5.92 Å². The van der Waals surface area contributed by atoms with Crippen LogP contribution in [0.4, 0.5) is 5.82 Å². The third-order valence-corrected chi connectivity index (χ3v) is 7.10. The van der Waals surface area contributed by atoms with E-state index in [-0.39, 0.29) is 17.9 Å². The fourth-order valence-corrected chi connectivity index (χ4v) is 5.05. The van der Waals surface area contributed by atoms with Gasteiger partial charge in [-0.2, -0.15) is 0 Å². The van der Waals surface area contributed by atoms with Crippen LogP contribution in [0.3, 0.4) is 0 Å². The summed E-state index contributed by atoms with van der Waals surface area (Å²) in [4.78, 5) is 31.7. The van der Waals surface area contributed by atoms with Gasteiger partial charge in [-0.05, 0) is 18.1 Å². The molecule has 0 unspecified atom stereocenters. The second-order valence-corrected chi connectivity index (χ2v) is 9.48. The number of nitrogens with one attached hydrogen (secondary N) is 2. The molecule has 2 aromatic heterocycles. The molecule has 3 aromatic rings.